The molecule has 1 heterocycles. The lowest BCUT2D eigenvalue weighted by atomic mass is 9.86. The molecule has 0 spiro atoms. The van der Waals surface area contributed by atoms with E-state index in [1.54, 1.807) is 31.4 Å². The summed E-state index contributed by atoms with van der Waals surface area (Å²) in [4.78, 5) is 33.6. The summed E-state index contributed by atoms with van der Waals surface area (Å²) in [6.07, 6.45) is 3.80. The number of aromatic nitrogens is 2. The summed E-state index contributed by atoms with van der Waals surface area (Å²) < 4.78 is 5.11. The van der Waals surface area contributed by atoms with Crippen molar-refractivity contribution in [2.45, 2.75) is 39.0 Å². The Kier molecular flexibility index (Phi) is 8.01. The second-order valence-electron chi connectivity index (χ2n) is 10.4. The van der Waals surface area contributed by atoms with Crippen molar-refractivity contribution in [3.63, 3.8) is 0 Å². The molecule has 0 bridgehead atoms. The number of carboxylic acid groups (broad SMARTS) is 1. The van der Waals surface area contributed by atoms with Crippen molar-refractivity contribution >= 4 is 11.8 Å². The van der Waals surface area contributed by atoms with Crippen molar-refractivity contribution < 1.29 is 19.4 Å². The first-order valence-corrected chi connectivity index (χ1v) is 12.6. The maximum Gasteiger partial charge on any atom is 0.307 e. The highest BCUT2D eigenvalue weighted by Gasteiger charge is 2.23. The average molecular weight is 509 g/mol. The van der Waals surface area contributed by atoms with Crippen LogP contribution in [0.3, 0.4) is 0 Å². The van der Waals surface area contributed by atoms with Gasteiger partial charge in [0.15, 0.2) is 11.6 Å². The predicted molar refractivity (Wildman–Crippen MR) is 148 cm³/mol. The van der Waals surface area contributed by atoms with Crippen LogP contribution >= 0.6 is 0 Å². The van der Waals surface area contributed by atoms with Crippen LogP contribution in [0.5, 0.6) is 5.75 Å². The molecule has 1 aromatic heterocycles. The van der Waals surface area contributed by atoms with Gasteiger partial charge in [-0.05, 0) is 52.8 Å². The highest BCUT2D eigenvalue weighted by atomic mass is 16.5. The Hall–Kier alpha value is -4.32. The lowest BCUT2D eigenvalue weighted by molar-refractivity contribution is -0.141. The molecule has 0 aliphatic rings. The summed E-state index contributed by atoms with van der Waals surface area (Å²) >= 11 is 0. The van der Waals surface area contributed by atoms with Crippen molar-refractivity contribution in [1.82, 2.24) is 9.97 Å². The highest BCUT2D eigenvalue weighted by molar-refractivity contribution is 5.98. The number of benzene rings is 3. The molecule has 3 aromatic carbocycles. The second-order valence-corrected chi connectivity index (χ2v) is 10.4. The number of nitrogens with zero attached hydrogens (tertiary/aromatic N) is 2. The molecule has 6 nitrogen and oxygen atoms in total. The Morgan fingerprint density at radius 2 is 1.39 bits per heavy atom. The fourth-order valence-corrected chi connectivity index (χ4v) is 4.23. The number of carbonyl (C=O) groups excluding carboxylic acids is 1. The average Bonchev–Trinajstić information content (AvgIpc) is 2.93. The predicted octanol–water partition coefficient (Wildman–Crippen LogP) is 6.63. The Balaban J connectivity index is 1.42. The largest absolute Gasteiger partial charge is 0.497 e. The fourth-order valence-electron chi connectivity index (χ4n) is 4.23. The molecule has 6 heteroatoms. The summed E-state index contributed by atoms with van der Waals surface area (Å²) in [6.45, 7) is 6.57. The van der Waals surface area contributed by atoms with Crippen LogP contribution in [0.1, 0.15) is 48.7 Å². The zero-order valence-electron chi connectivity index (χ0n) is 22.1. The second kappa shape index (κ2) is 11.4. The van der Waals surface area contributed by atoms with Crippen molar-refractivity contribution in [3.05, 3.63) is 102 Å². The van der Waals surface area contributed by atoms with Gasteiger partial charge in [-0.2, -0.15) is 0 Å². The number of aliphatic carboxylic acids is 1. The number of rotatable bonds is 9. The quantitative estimate of drug-likeness (QED) is 0.255. The monoisotopic (exact) mass is 508 g/mol. The van der Waals surface area contributed by atoms with Gasteiger partial charge < -0.3 is 9.84 Å². The third kappa shape index (κ3) is 6.51. The lowest BCUT2D eigenvalue weighted by Gasteiger charge is -2.19. The number of carboxylic acids is 1. The number of Topliss-reactive ketones (excluding diaryl/α,β-unsaturated/α-hetero) is 1. The minimum absolute atomic E-state index is 0.0787. The van der Waals surface area contributed by atoms with Gasteiger partial charge in [0, 0.05) is 35.5 Å². The highest BCUT2D eigenvalue weighted by Crippen LogP contribution is 2.27. The van der Waals surface area contributed by atoms with Gasteiger partial charge in [0.1, 0.15) is 5.75 Å². The topological polar surface area (TPSA) is 89.4 Å². The number of hydrogen-bond acceptors (Lipinski definition) is 5. The van der Waals surface area contributed by atoms with Crippen LogP contribution in [-0.4, -0.2) is 33.9 Å². The van der Waals surface area contributed by atoms with Gasteiger partial charge in [0.25, 0.3) is 0 Å². The van der Waals surface area contributed by atoms with Gasteiger partial charge in [-0.15, -0.1) is 0 Å². The van der Waals surface area contributed by atoms with E-state index >= 15 is 0 Å². The Labute approximate surface area is 223 Å². The standard InChI is InChI=1S/C32H32N2O4/c1-32(2,3)27-13-9-22(10-14-27)26-19-33-30(34-20-26)24-7-5-21(6-8-24)17-25(31(36)37)18-29(35)23-11-15-28(38-4)16-12-23/h5-16,19-20,25H,17-18H2,1-4H3,(H,36,37)/t25-/m1/s1. The van der Waals surface area contributed by atoms with Crippen LogP contribution in [0.15, 0.2) is 85.2 Å². The summed E-state index contributed by atoms with van der Waals surface area (Å²) in [5.41, 5.74) is 5.51. The van der Waals surface area contributed by atoms with Gasteiger partial charge in [0.05, 0.1) is 13.0 Å². The van der Waals surface area contributed by atoms with Gasteiger partial charge >= 0.3 is 5.97 Å². The SMILES string of the molecule is COc1ccc(C(=O)C[C@@H](Cc2ccc(-c3ncc(-c4ccc(C(C)(C)C)cc4)cn3)cc2)C(=O)O)cc1. The molecule has 0 aliphatic carbocycles. The molecule has 0 amide bonds. The molecule has 1 N–H and O–H groups in total. The van der Waals surface area contributed by atoms with E-state index in [1.807, 2.05) is 36.7 Å². The minimum atomic E-state index is -0.995. The maximum absolute atomic E-state index is 12.7. The molecule has 4 aromatic rings. The molecule has 0 radical (unpaired) electrons. The van der Waals surface area contributed by atoms with Gasteiger partial charge in [0.2, 0.25) is 0 Å². The van der Waals surface area contributed by atoms with Gasteiger partial charge in [-0.1, -0.05) is 69.3 Å². The Morgan fingerprint density at radius 1 is 0.816 bits per heavy atom. The van der Waals surface area contributed by atoms with E-state index in [4.69, 9.17) is 4.74 Å². The summed E-state index contributed by atoms with van der Waals surface area (Å²) in [5.74, 6) is -0.792. The summed E-state index contributed by atoms with van der Waals surface area (Å²) in [6, 6.07) is 22.6. The van der Waals surface area contributed by atoms with Crippen LogP contribution in [0.4, 0.5) is 0 Å². The normalized spacial score (nSPS) is 12.1. The van der Waals surface area contributed by atoms with Gasteiger partial charge in [-0.3, -0.25) is 9.59 Å². The number of ketones is 1. The van der Waals surface area contributed by atoms with Crippen molar-refractivity contribution in [1.29, 1.82) is 0 Å². The number of ether oxygens (including phenoxy) is 1. The number of carbonyl (C=O) groups is 2. The first-order valence-electron chi connectivity index (χ1n) is 12.6. The number of methoxy groups -OCH3 is 1. The molecular weight excluding hydrogens is 476 g/mol. The molecule has 0 saturated carbocycles. The van der Waals surface area contributed by atoms with E-state index in [0.717, 1.165) is 22.3 Å². The lowest BCUT2D eigenvalue weighted by Crippen LogP contribution is -2.20. The van der Waals surface area contributed by atoms with Crippen LogP contribution in [0.2, 0.25) is 0 Å². The third-order valence-electron chi connectivity index (χ3n) is 6.62. The molecule has 194 valence electrons. The van der Waals surface area contributed by atoms with Gasteiger partial charge in [-0.25, -0.2) is 9.97 Å². The zero-order chi connectivity index (χ0) is 27.3. The van der Waals surface area contributed by atoms with Crippen LogP contribution in [0.25, 0.3) is 22.5 Å². The zero-order valence-corrected chi connectivity index (χ0v) is 22.1. The van der Waals surface area contributed by atoms with E-state index in [2.05, 4.69) is 55.0 Å². The maximum atomic E-state index is 12.7. The van der Waals surface area contributed by atoms with Crippen molar-refractivity contribution in [3.8, 4) is 28.3 Å². The molecule has 0 fully saturated rings. The van der Waals surface area contributed by atoms with Crippen LogP contribution in [-0.2, 0) is 16.6 Å². The van der Waals surface area contributed by atoms with E-state index in [1.165, 1.54) is 5.56 Å². The smallest absolute Gasteiger partial charge is 0.307 e. The molecule has 0 saturated heterocycles. The molecular formula is C32H32N2O4. The first-order chi connectivity index (χ1) is 18.1. The minimum Gasteiger partial charge on any atom is -0.497 e. The van der Waals surface area contributed by atoms with Crippen LogP contribution in [0, 0.1) is 5.92 Å². The van der Waals surface area contributed by atoms with E-state index < -0.39 is 11.9 Å². The summed E-state index contributed by atoms with van der Waals surface area (Å²) in [7, 11) is 1.55. The first kappa shape index (κ1) is 26.7. The van der Waals surface area contributed by atoms with Crippen molar-refractivity contribution in [2.75, 3.05) is 7.11 Å². The Bertz CT molecular complexity index is 1390. The Morgan fingerprint density at radius 3 is 1.92 bits per heavy atom. The molecule has 0 aliphatic heterocycles. The van der Waals surface area contributed by atoms with E-state index in [9.17, 15) is 14.7 Å². The van der Waals surface area contributed by atoms with Crippen LogP contribution < -0.4 is 4.74 Å². The van der Waals surface area contributed by atoms with Crippen molar-refractivity contribution in [2.24, 2.45) is 5.92 Å². The molecule has 0 unspecified atom stereocenters. The van der Waals surface area contributed by atoms with E-state index in [0.29, 0.717) is 17.1 Å². The molecule has 38 heavy (non-hydrogen) atoms. The van der Waals surface area contributed by atoms with E-state index in [-0.39, 0.29) is 24.0 Å². The third-order valence-corrected chi connectivity index (χ3v) is 6.62. The molecule has 1 atom stereocenters. The molecule has 4 rings (SSSR count). The number of hydrogen-bond donors (Lipinski definition) is 1. The fraction of sp³-hybridized carbons (Fsp3) is 0.250. The summed E-state index contributed by atoms with van der Waals surface area (Å²) in [5, 5.41) is 9.73.